The van der Waals surface area contributed by atoms with E-state index in [1.54, 1.807) is 0 Å². The highest BCUT2D eigenvalue weighted by molar-refractivity contribution is 9.10. The van der Waals surface area contributed by atoms with Gasteiger partial charge in [0.25, 0.3) is 6.10 Å². The molecule has 33 heavy (non-hydrogen) atoms. The molecule has 1 aliphatic heterocycles. The van der Waals surface area contributed by atoms with Crippen molar-refractivity contribution in [3.8, 4) is 0 Å². The lowest BCUT2D eigenvalue weighted by Crippen LogP contribution is -2.53. The predicted molar refractivity (Wildman–Crippen MR) is 116 cm³/mol. The number of nitrogens with zero attached hydrogens (tertiary/aromatic N) is 2. The lowest BCUT2D eigenvalue weighted by molar-refractivity contribution is -0.308. The molecule has 180 valence electrons. The van der Waals surface area contributed by atoms with Gasteiger partial charge in [-0.25, -0.2) is 4.79 Å². The van der Waals surface area contributed by atoms with Crippen LogP contribution >= 0.6 is 31.9 Å². The van der Waals surface area contributed by atoms with Gasteiger partial charge in [0.2, 0.25) is 0 Å². The Kier molecular flexibility index (Phi) is 8.00. The van der Waals surface area contributed by atoms with Gasteiger partial charge in [-0.2, -0.15) is 26.3 Å². The Morgan fingerprint density at radius 3 is 1.52 bits per heavy atom. The minimum atomic E-state index is -5.75. The van der Waals surface area contributed by atoms with Crippen molar-refractivity contribution in [1.29, 1.82) is 0 Å². The first-order chi connectivity index (χ1) is 15.4. The molecule has 0 radical (unpaired) electrons. The number of hydrogen-bond acceptors (Lipinski definition) is 3. The van der Waals surface area contributed by atoms with E-state index in [1.807, 2.05) is 53.4 Å². The van der Waals surface area contributed by atoms with E-state index in [-0.39, 0.29) is 32.2 Å². The smallest absolute Gasteiger partial charge is 0.426 e. The van der Waals surface area contributed by atoms with E-state index >= 15 is 0 Å². The number of carbonyl (C=O) groups is 1. The molecule has 0 aromatic heterocycles. The number of carbonyl (C=O) groups excluding carboxylic acids is 1. The second-order valence-electron chi connectivity index (χ2n) is 7.38. The fraction of sp³-hybridized carbons (Fsp3) is 0.381. The Morgan fingerprint density at radius 1 is 0.758 bits per heavy atom. The molecule has 1 aliphatic rings. The van der Waals surface area contributed by atoms with Crippen LogP contribution in [0, 0.1) is 0 Å². The Bertz CT molecular complexity index is 884. The van der Waals surface area contributed by atoms with Gasteiger partial charge in [-0.15, -0.1) is 0 Å². The Balaban J connectivity index is 1.74. The lowest BCUT2D eigenvalue weighted by atomic mass is 9.96. The van der Waals surface area contributed by atoms with Crippen molar-refractivity contribution in [1.82, 2.24) is 9.80 Å². The van der Waals surface area contributed by atoms with Crippen molar-refractivity contribution in [3.05, 3.63) is 68.6 Å². The first-order valence-corrected chi connectivity index (χ1v) is 11.3. The quantitative estimate of drug-likeness (QED) is 0.372. The van der Waals surface area contributed by atoms with Gasteiger partial charge in [-0.3, -0.25) is 4.90 Å². The molecule has 0 atom stereocenters. The molecular formula is C21H18Br2F6N2O2. The maximum atomic E-state index is 12.7. The largest absolute Gasteiger partial charge is 0.434 e. The summed E-state index contributed by atoms with van der Waals surface area (Å²) in [5.41, 5.74) is 1.90. The van der Waals surface area contributed by atoms with Crippen LogP contribution in [0.1, 0.15) is 17.2 Å². The van der Waals surface area contributed by atoms with Crippen LogP contribution in [0.15, 0.2) is 57.5 Å². The van der Waals surface area contributed by atoms with Crippen molar-refractivity contribution in [3.63, 3.8) is 0 Å². The fourth-order valence-electron chi connectivity index (χ4n) is 3.56. The van der Waals surface area contributed by atoms with Crippen molar-refractivity contribution in [2.75, 3.05) is 26.2 Å². The molecule has 0 spiro atoms. The van der Waals surface area contributed by atoms with Gasteiger partial charge < -0.3 is 9.64 Å². The van der Waals surface area contributed by atoms with Gasteiger partial charge in [-0.05, 0) is 35.4 Å². The van der Waals surface area contributed by atoms with Gasteiger partial charge in [0.1, 0.15) is 0 Å². The van der Waals surface area contributed by atoms with E-state index in [0.717, 1.165) is 25.0 Å². The SMILES string of the molecule is O=C(OC(C(F)(F)F)C(F)(F)F)N1CCN(C(c2ccc(Br)cc2)c2ccc(Br)cc2)CC1. The van der Waals surface area contributed by atoms with Crippen LogP contribution in [0.25, 0.3) is 0 Å². The third kappa shape index (κ3) is 6.63. The molecule has 3 rings (SSSR count). The van der Waals surface area contributed by atoms with E-state index in [0.29, 0.717) is 0 Å². The van der Waals surface area contributed by atoms with Gasteiger partial charge in [0.15, 0.2) is 0 Å². The number of amides is 1. The van der Waals surface area contributed by atoms with E-state index in [1.165, 1.54) is 0 Å². The Morgan fingerprint density at radius 2 is 1.15 bits per heavy atom. The monoisotopic (exact) mass is 602 g/mol. The summed E-state index contributed by atoms with van der Waals surface area (Å²) in [5.74, 6) is 0. The summed E-state index contributed by atoms with van der Waals surface area (Å²) in [4.78, 5) is 14.9. The molecule has 1 fully saturated rings. The van der Waals surface area contributed by atoms with Crippen molar-refractivity contribution >= 4 is 38.0 Å². The molecule has 1 heterocycles. The zero-order valence-electron chi connectivity index (χ0n) is 16.8. The molecule has 2 aromatic rings. The number of alkyl halides is 6. The molecule has 0 N–H and O–H groups in total. The predicted octanol–water partition coefficient (Wildman–Crippen LogP) is 6.55. The van der Waals surface area contributed by atoms with Gasteiger partial charge in [0.05, 0.1) is 6.04 Å². The van der Waals surface area contributed by atoms with Crippen LogP contribution in [-0.2, 0) is 4.74 Å². The second kappa shape index (κ2) is 10.2. The number of halogens is 8. The maximum absolute atomic E-state index is 12.7. The molecule has 1 amide bonds. The van der Waals surface area contributed by atoms with E-state index in [2.05, 4.69) is 36.6 Å². The summed E-state index contributed by atoms with van der Waals surface area (Å²) >= 11 is 6.78. The number of ether oxygens (including phenoxy) is 1. The Labute approximate surface area is 202 Å². The average molecular weight is 604 g/mol. The number of hydrogen-bond donors (Lipinski definition) is 0. The summed E-state index contributed by atoms with van der Waals surface area (Å²) in [6.07, 6.45) is -17.3. The van der Waals surface area contributed by atoms with E-state index < -0.39 is 24.5 Å². The number of rotatable bonds is 4. The van der Waals surface area contributed by atoms with Gasteiger partial charge >= 0.3 is 18.4 Å². The highest BCUT2D eigenvalue weighted by Crippen LogP contribution is 2.36. The number of benzene rings is 2. The highest BCUT2D eigenvalue weighted by atomic mass is 79.9. The lowest BCUT2D eigenvalue weighted by Gasteiger charge is -2.39. The second-order valence-corrected chi connectivity index (χ2v) is 9.21. The summed E-state index contributed by atoms with van der Waals surface area (Å²) in [5, 5.41) is 0. The van der Waals surface area contributed by atoms with Crippen LogP contribution in [-0.4, -0.2) is 60.5 Å². The molecule has 0 aliphatic carbocycles. The van der Waals surface area contributed by atoms with Crippen molar-refractivity contribution in [2.24, 2.45) is 0 Å². The van der Waals surface area contributed by atoms with Crippen molar-refractivity contribution < 1.29 is 35.9 Å². The van der Waals surface area contributed by atoms with Gasteiger partial charge in [-0.1, -0.05) is 56.1 Å². The van der Waals surface area contributed by atoms with E-state index in [9.17, 15) is 31.1 Å². The highest BCUT2D eigenvalue weighted by Gasteiger charge is 2.60. The zero-order valence-corrected chi connectivity index (χ0v) is 20.0. The van der Waals surface area contributed by atoms with Crippen LogP contribution in [0.3, 0.4) is 0 Å². The van der Waals surface area contributed by atoms with Crippen LogP contribution in [0.4, 0.5) is 31.1 Å². The van der Waals surface area contributed by atoms with Crippen LogP contribution < -0.4 is 0 Å². The van der Waals surface area contributed by atoms with Crippen molar-refractivity contribution in [2.45, 2.75) is 24.5 Å². The first kappa shape index (κ1) is 25.8. The topological polar surface area (TPSA) is 32.8 Å². The summed E-state index contributed by atoms with van der Waals surface area (Å²) in [7, 11) is 0. The van der Waals surface area contributed by atoms with Gasteiger partial charge in [0, 0.05) is 35.1 Å². The van der Waals surface area contributed by atoms with E-state index in [4.69, 9.17) is 0 Å². The normalized spacial score (nSPS) is 15.9. The number of piperazine rings is 1. The molecule has 0 unspecified atom stereocenters. The third-order valence-electron chi connectivity index (χ3n) is 5.12. The molecule has 0 bridgehead atoms. The Hall–Kier alpha value is -1.79. The molecule has 0 saturated carbocycles. The first-order valence-electron chi connectivity index (χ1n) is 9.70. The minimum absolute atomic E-state index is 0.0785. The standard InChI is InChI=1S/C21H18Br2F6N2O2/c22-15-5-1-13(2-6-15)17(14-3-7-16(23)8-4-14)30-9-11-31(12-10-30)19(32)33-18(20(24,25)26)21(27,28)29/h1-8,17-18H,9-12H2. The average Bonchev–Trinajstić information content (AvgIpc) is 2.73. The summed E-state index contributed by atoms with van der Waals surface area (Å²) < 4.78 is 81.9. The zero-order chi connectivity index (χ0) is 24.4. The third-order valence-corrected chi connectivity index (χ3v) is 6.18. The molecule has 12 heteroatoms. The molecule has 4 nitrogen and oxygen atoms in total. The summed E-state index contributed by atoms with van der Waals surface area (Å²) in [6.45, 7) is 0.304. The van der Waals surface area contributed by atoms with Crippen LogP contribution in [0.2, 0.25) is 0 Å². The summed E-state index contributed by atoms with van der Waals surface area (Å²) in [6, 6.07) is 15.0. The fourth-order valence-corrected chi connectivity index (χ4v) is 4.09. The van der Waals surface area contributed by atoms with Crippen LogP contribution in [0.5, 0.6) is 0 Å². The maximum Gasteiger partial charge on any atom is 0.434 e. The molecule has 2 aromatic carbocycles. The minimum Gasteiger partial charge on any atom is -0.426 e. The molecule has 1 saturated heterocycles. The molecular weight excluding hydrogens is 586 g/mol.